The zero-order valence-electron chi connectivity index (χ0n) is 17.2. The molecule has 2 aromatic carbocycles. The lowest BCUT2D eigenvalue weighted by atomic mass is 10.1. The van der Waals surface area contributed by atoms with Crippen LogP contribution in [0.15, 0.2) is 36.4 Å². The van der Waals surface area contributed by atoms with Crippen LogP contribution in [0.25, 0.3) is 0 Å². The zero-order chi connectivity index (χ0) is 23.6. The second kappa shape index (κ2) is 12.3. The van der Waals surface area contributed by atoms with Crippen molar-refractivity contribution >= 4 is 11.9 Å². The quantitative estimate of drug-likeness (QED) is 0.264. The molecule has 0 spiro atoms. The Balaban J connectivity index is 0.000000311. The molecule has 0 aliphatic carbocycles. The van der Waals surface area contributed by atoms with E-state index in [9.17, 15) is 19.8 Å². The summed E-state index contributed by atoms with van der Waals surface area (Å²) in [5.41, 5.74) is 1.30. The summed E-state index contributed by atoms with van der Waals surface area (Å²) in [6.45, 7) is 2.38. The maximum atomic E-state index is 10.9. The number of phenols is 4. The van der Waals surface area contributed by atoms with Crippen LogP contribution >= 0.6 is 0 Å². The van der Waals surface area contributed by atoms with Crippen molar-refractivity contribution in [1.82, 2.24) is 10.6 Å². The molecule has 0 heterocycles. The summed E-state index contributed by atoms with van der Waals surface area (Å²) in [5.74, 6) is -2.79. The second-order valence-electron chi connectivity index (χ2n) is 6.68. The topological polar surface area (TPSA) is 180 Å². The molecule has 0 aliphatic rings. The van der Waals surface area contributed by atoms with Gasteiger partial charge in [0.1, 0.15) is 12.1 Å². The molecule has 0 saturated heterocycles. The molecule has 2 atom stereocenters. The number of aliphatic carboxylic acids is 2. The fourth-order valence-electron chi connectivity index (χ4n) is 2.67. The van der Waals surface area contributed by atoms with Gasteiger partial charge in [0, 0.05) is 0 Å². The van der Waals surface area contributed by atoms with Gasteiger partial charge in [0.2, 0.25) is 0 Å². The normalized spacial score (nSPS) is 12.3. The molecule has 0 bridgehead atoms. The third kappa shape index (κ3) is 8.41. The predicted octanol–water partition coefficient (Wildman–Crippen LogP) is 1.02. The third-order valence-electron chi connectivity index (χ3n) is 4.35. The van der Waals surface area contributed by atoms with Gasteiger partial charge in [0.05, 0.1) is 0 Å². The fourth-order valence-corrected chi connectivity index (χ4v) is 2.67. The Morgan fingerprint density at radius 1 is 0.774 bits per heavy atom. The summed E-state index contributed by atoms with van der Waals surface area (Å²) in [7, 11) is 1.55. The van der Waals surface area contributed by atoms with E-state index in [0.717, 1.165) is 0 Å². The van der Waals surface area contributed by atoms with Gasteiger partial charge in [-0.25, -0.2) is 0 Å². The number of aromatic hydroxyl groups is 4. The van der Waals surface area contributed by atoms with Gasteiger partial charge in [0.15, 0.2) is 23.0 Å². The minimum absolute atomic E-state index is 0.209. The molecule has 0 amide bonds. The highest BCUT2D eigenvalue weighted by Gasteiger charge is 2.17. The van der Waals surface area contributed by atoms with Crippen LogP contribution in [-0.2, 0) is 22.4 Å². The average molecular weight is 436 g/mol. The number of nitrogens with one attached hydrogen (secondary N) is 2. The lowest BCUT2D eigenvalue weighted by molar-refractivity contribution is -0.140. The SMILES string of the molecule is CCN[C@@H](Cc1ccc(O)c(O)c1)C(=O)O.CN[C@@H](Cc1ccc(O)c(O)c1)C(=O)O. The minimum Gasteiger partial charge on any atom is -0.504 e. The summed E-state index contributed by atoms with van der Waals surface area (Å²) < 4.78 is 0. The molecule has 0 radical (unpaired) electrons. The molecule has 170 valence electrons. The number of carboxylic acid groups (broad SMARTS) is 2. The summed E-state index contributed by atoms with van der Waals surface area (Å²) in [5, 5.41) is 59.8. The molecule has 0 aliphatic heterocycles. The van der Waals surface area contributed by atoms with Crippen molar-refractivity contribution in [3.8, 4) is 23.0 Å². The second-order valence-corrected chi connectivity index (χ2v) is 6.68. The summed E-state index contributed by atoms with van der Waals surface area (Å²) in [6.07, 6.45) is 0.511. The number of carboxylic acids is 2. The molecule has 10 heteroatoms. The fraction of sp³-hybridized carbons (Fsp3) is 0.333. The maximum Gasteiger partial charge on any atom is 0.321 e. The van der Waals surface area contributed by atoms with Gasteiger partial charge in [-0.3, -0.25) is 9.59 Å². The Labute approximate surface area is 179 Å². The van der Waals surface area contributed by atoms with E-state index >= 15 is 0 Å². The van der Waals surface area contributed by atoms with Gasteiger partial charge in [0.25, 0.3) is 0 Å². The Morgan fingerprint density at radius 2 is 1.19 bits per heavy atom. The number of hydrogen-bond donors (Lipinski definition) is 8. The first-order valence-electron chi connectivity index (χ1n) is 9.46. The zero-order valence-corrected chi connectivity index (χ0v) is 17.2. The smallest absolute Gasteiger partial charge is 0.321 e. The molecule has 8 N–H and O–H groups in total. The monoisotopic (exact) mass is 436 g/mol. The van der Waals surface area contributed by atoms with Crippen molar-refractivity contribution in [1.29, 1.82) is 0 Å². The number of likely N-dealkylation sites (N-methyl/N-ethyl adjacent to an activating group) is 2. The average Bonchev–Trinajstić information content (AvgIpc) is 2.71. The summed E-state index contributed by atoms with van der Waals surface area (Å²) in [4.78, 5) is 21.6. The van der Waals surface area contributed by atoms with Crippen LogP contribution in [0.5, 0.6) is 23.0 Å². The number of hydrogen-bond acceptors (Lipinski definition) is 8. The molecule has 2 aromatic rings. The third-order valence-corrected chi connectivity index (χ3v) is 4.35. The highest BCUT2D eigenvalue weighted by atomic mass is 16.4. The van der Waals surface area contributed by atoms with Crippen molar-refractivity contribution < 1.29 is 40.2 Å². The van der Waals surface area contributed by atoms with Crippen molar-refractivity contribution in [3.05, 3.63) is 47.5 Å². The van der Waals surface area contributed by atoms with Crippen LogP contribution in [0, 0.1) is 0 Å². The van der Waals surface area contributed by atoms with Crippen molar-refractivity contribution in [3.63, 3.8) is 0 Å². The van der Waals surface area contributed by atoms with Crippen LogP contribution in [0.4, 0.5) is 0 Å². The molecular weight excluding hydrogens is 408 g/mol. The van der Waals surface area contributed by atoms with Gasteiger partial charge in [-0.05, 0) is 61.8 Å². The lowest BCUT2D eigenvalue weighted by Crippen LogP contribution is -2.38. The van der Waals surface area contributed by atoms with Crippen molar-refractivity contribution in [2.75, 3.05) is 13.6 Å². The molecule has 0 fully saturated rings. The van der Waals surface area contributed by atoms with Crippen LogP contribution in [0.3, 0.4) is 0 Å². The number of carbonyl (C=O) groups is 2. The van der Waals surface area contributed by atoms with Gasteiger partial charge in [-0.2, -0.15) is 0 Å². The number of rotatable bonds is 9. The van der Waals surface area contributed by atoms with Gasteiger partial charge < -0.3 is 41.3 Å². The Hall–Kier alpha value is -3.50. The first-order chi connectivity index (χ1) is 14.6. The van der Waals surface area contributed by atoms with E-state index in [1.807, 2.05) is 6.92 Å². The van der Waals surface area contributed by atoms with Crippen molar-refractivity contribution in [2.45, 2.75) is 31.8 Å². The summed E-state index contributed by atoms with van der Waals surface area (Å²) >= 11 is 0. The molecule has 31 heavy (non-hydrogen) atoms. The van der Waals surface area contributed by atoms with E-state index in [0.29, 0.717) is 17.7 Å². The van der Waals surface area contributed by atoms with Crippen molar-refractivity contribution in [2.24, 2.45) is 0 Å². The van der Waals surface area contributed by atoms with Crippen LogP contribution in [-0.4, -0.2) is 68.3 Å². The van der Waals surface area contributed by atoms with E-state index in [1.165, 1.54) is 24.3 Å². The lowest BCUT2D eigenvalue weighted by Gasteiger charge is -2.13. The van der Waals surface area contributed by atoms with E-state index in [2.05, 4.69) is 10.6 Å². The van der Waals surface area contributed by atoms with Gasteiger partial charge in [-0.1, -0.05) is 19.1 Å². The maximum absolute atomic E-state index is 10.9. The molecule has 10 nitrogen and oxygen atoms in total. The van der Waals surface area contributed by atoms with Crippen LogP contribution < -0.4 is 10.6 Å². The van der Waals surface area contributed by atoms with Gasteiger partial charge in [-0.15, -0.1) is 0 Å². The number of benzene rings is 2. The molecule has 0 saturated carbocycles. The molecular formula is C21H28N2O8. The Bertz CT molecular complexity index is 888. The summed E-state index contributed by atoms with van der Waals surface area (Å²) in [6, 6.07) is 7.16. The Kier molecular flexibility index (Phi) is 10.1. The largest absolute Gasteiger partial charge is 0.504 e. The van der Waals surface area contributed by atoms with Crippen LogP contribution in [0.2, 0.25) is 0 Å². The standard InChI is InChI=1S/C11H15NO4.C10H13NO4/c1-2-12-8(11(15)16)5-7-3-4-9(13)10(14)6-7;1-11-7(10(14)15)4-6-2-3-8(12)9(13)5-6/h3-4,6,8,12-14H,2,5H2,1H3,(H,15,16);2-3,5,7,11-13H,4H2,1H3,(H,14,15)/t8-;7-/m00/s1. The highest BCUT2D eigenvalue weighted by Crippen LogP contribution is 2.26. The Morgan fingerprint density at radius 3 is 1.52 bits per heavy atom. The molecule has 2 rings (SSSR count). The first-order valence-corrected chi connectivity index (χ1v) is 9.46. The first kappa shape index (κ1) is 25.5. The number of phenolic OH excluding ortho intramolecular Hbond substituents is 4. The van der Waals surface area contributed by atoms with Crippen LogP contribution in [0.1, 0.15) is 18.1 Å². The highest BCUT2D eigenvalue weighted by molar-refractivity contribution is 5.74. The van der Waals surface area contributed by atoms with Gasteiger partial charge >= 0.3 is 11.9 Å². The molecule has 0 aromatic heterocycles. The van der Waals surface area contributed by atoms with E-state index in [1.54, 1.807) is 19.2 Å². The van der Waals surface area contributed by atoms with E-state index in [-0.39, 0.29) is 35.8 Å². The van der Waals surface area contributed by atoms with E-state index in [4.69, 9.17) is 20.4 Å². The predicted molar refractivity (Wildman–Crippen MR) is 113 cm³/mol. The minimum atomic E-state index is -0.954. The van der Waals surface area contributed by atoms with E-state index < -0.39 is 24.0 Å². The molecule has 0 unspecified atom stereocenters.